The van der Waals surface area contributed by atoms with E-state index >= 15 is 0 Å². The van der Waals surface area contributed by atoms with Gasteiger partial charge in [0, 0.05) is 0 Å². The van der Waals surface area contributed by atoms with Gasteiger partial charge in [-0.1, -0.05) is 72.3 Å². The van der Waals surface area contributed by atoms with Crippen LogP contribution in [0, 0.1) is 20.8 Å². The lowest BCUT2D eigenvalue weighted by molar-refractivity contribution is -0.120. The van der Waals surface area contributed by atoms with Crippen LogP contribution in [0.2, 0.25) is 0 Å². The predicted molar refractivity (Wildman–Crippen MR) is 126 cm³/mol. The molecule has 1 N–H and O–H groups in total. The van der Waals surface area contributed by atoms with Gasteiger partial charge in [-0.25, -0.2) is 8.42 Å². The second-order valence-electron chi connectivity index (χ2n) is 7.81. The molecule has 0 aliphatic rings. The van der Waals surface area contributed by atoms with Gasteiger partial charge in [-0.15, -0.1) is 0 Å². The number of nitrogens with zero attached hydrogens (tertiary/aromatic N) is 1. The van der Waals surface area contributed by atoms with Crippen LogP contribution >= 0.6 is 0 Å². The van der Waals surface area contributed by atoms with Crippen molar-refractivity contribution in [1.82, 2.24) is 5.32 Å². The standard InChI is InChI=1S/C25H28N2O3S/c1-18-13-15-22(16-14-18)25(21-10-6-5-7-11-21)26-24(28)17-27(31(4,29)30)23-12-8-9-19(2)20(23)3/h5-16,25H,17H2,1-4H3,(H,26,28). The first-order valence-electron chi connectivity index (χ1n) is 10.1. The van der Waals surface area contributed by atoms with Crippen molar-refractivity contribution >= 4 is 21.6 Å². The fourth-order valence-electron chi connectivity index (χ4n) is 3.49. The highest BCUT2D eigenvalue weighted by Crippen LogP contribution is 2.26. The highest BCUT2D eigenvalue weighted by molar-refractivity contribution is 7.92. The zero-order valence-electron chi connectivity index (χ0n) is 18.3. The first-order chi connectivity index (χ1) is 14.7. The van der Waals surface area contributed by atoms with E-state index in [2.05, 4.69) is 5.32 Å². The summed E-state index contributed by atoms with van der Waals surface area (Å²) in [5.41, 5.74) is 5.30. The van der Waals surface area contributed by atoms with Crippen molar-refractivity contribution in [3.05, 3.63) is 101 Å². The van der Waals surface area contributed by atoms with Crippen molar-refractivity contribution < 1.29 is 13.2 Å². The Hall–Kier alpha value is -3.12. The summed E-state index contributed by atoms with van der Waals surface area (Å²) in [5.74, 6) is -0.374. The Kier molecular flexibility index (Phi) is 6.81. The van der Waals surface area contributed by atoms with Crippen LogP contribution in [0.1, 0.15) is 33.9 Å². The van der Waals surface area contributed by atoms with E-state index in [4.69, 9.17) is 0 Å². The molecule has 3 aromatic carbocycles. The number of rotatable bonds is 7. The van der Waals surface area contributed by atoms with Gasteiger partial charge in [-0.3, -0.25) is 9.10 Å². The van der Waals surface area contributed by atoms with Crippen LogP contribution in [-0.4, -0.2) is 27.1 Å². The van der Waals surface area contributed by atoms with Gasteiger partial charge < -0.3 is 5.32 Å². The number of carbonyl (C=O) groups excluding carboxylic acids is 1. The molecule has 1 unspecified atom stereocenters. The van der Waals surface area contributed by atoms with Crippen LogP contribution in [-0.2, 0) is 14.8 Å². The summed E-state index contributed by atoms with van der Waals surface area (Å²) < 4.78 is 26.2. The zero-order chi connectivity index (χ0) is 22.6. The van der Waals surface area contributed by atoms with Gasteiger partial charge >= 0.3 is 0 Å². The molecule has 3 aromatic rings. The highest BCUT2D eigenvalue weighted by atomic mass is 32.2. The number of carbonyl (C=O) groups is 1. The number of aryl methyl sites for hydroxylation is 2. The molecule has 0 aromatic heterocycles. The molecule has 0 aliphatic carbocycles. The maximum Gasteiger partial charge on any atom is 0.241 e. The Morgan fingerprint density at radius 2 is 1.48 bits per heavy atom. The van der Waals surface area contributed by atoms with E-state index in [1.165, 1.54) is 4.31 Å². The average Bonchev–Trinajstić information content (AvgIpc) is 2.73. The number of hydrogen-bond donors (Lipinski definition) is 1. The number of nitrogens with one attached hydrogen (secondary N) is 1. The van der Waals surface area contributed by atoms with Gasteiger partial charge in [0.25, 0.3) is 0 Å². The second-order valence-corrected chi connectivity index (χ2v) is 9.72. The van der Waals surface area contributed by atoms with Crippen molar-refractivity contribution in [3.63, 3.8) is 0 Å². The fraction of sp³-hybridized carbons (Fsp3) is 0.240. The molecule has 0 saturated heterocycles. The molecule has 3 rings (SSSR count). The van der Waals surface area contributed by atoms with Crippen LogP contribution in [0.15, 0.2) is 72.8 Å². The lowest BCUT2D eigenvalue weighted by Crippen LogP contribution is -2.42. The van der Waals surface area contributed by atoms with E-state index in [0.717, 1.165) is 34.1 Å². The molecule has 0 saturated carbocycles. The molecule has 31 heavy (non-hydrogen) atoms. The Labute approximate surface area is 184 Å². The van der Waals surface area contributed by atoms with Crippen LogP contribution in [0.3, 0.4) is 0 Å². The summed E-state index contributed by atoms with van der Waals surface area (Å²) in [6.07, 6.45) is 1.12. The van der Waals surface area contributed by atoms with Gasteiger partial charge in [0.2, 0.25) is 15.9 Å². The first-order valence-corrected chi connectivity index (χ1v) is 12.0. The van der Waals surface area contributed by atoms with E-state index < -0.39 is 10.0 Å². The van der Waals surface area contributed by atoms with Crippen molar-refractivity contribution in [2.45, 2.75) is 26.8 Å². The number of anilines is 1. The summed E-state index contributed by atoms with van der Waals surface area (Å²) in [4.78, 5) is 13.1. The molecule has 0 heterocycles. The number of hydrogen-bond acceptors (Lipinski definition) is 3. The number of sulfonamides is 1. The minimum absolute atomic E-state index is 0.293. The molecular weight excluding hydrogens is 408 g/mol. The molecule has 162 valence electrons. The molecular formula is C25H28N2O3S. The van der Waals surface area contributed by atoms with Crippen LogP contribution in [0.5, 0.6) is 0 Å². The van der Waals surface area contributed by atoms with E-state index in [1.807, 2.05) is 81.4 Å². The molecule has 0 radical (unpaired) electrons. The van der Waals surface area contributed by atoms with Gasteiger partial charge in [0.05, 0.1) is 18.0 Å². The minimum atomic E-state index is -3.65. The molecule has 1 atom stereocenters. The van der Waals surface area contributed by atoms with Gasteiger partial charge in [0.1, 0.15) is 6.54 Å². The van der Waals surface area contributed by atoms with Crippen molar-refractivity contribution in [3.8, 4) is 0 Å². The summed E-state index contributed by atoms with van der Waals surface area (Å²) in [6, 6.07) is 22.7. The smallest absolute Gasteiger partial charge is 0.241 e. The number of amides is 1. The van der Waals surface area contributed by atoms with Gasteiger partial charge in [-0.05, 0) is 49.1 Å². The highest BCUT2D eigenvalue weighted by Gasteiger charge is 2.25. The third-order valence-electron chi connectivity index (χ3n) is 5.38. The molecule has 1 amide bonds. The topological polar surface area (TPSA) is 66.5 Å². The maximum absolute atomic E-state index is 13.1. The Balaban J connectivity index is 1.91. The minimum Gasteiger partial charge on any atom is -0.344 e. The molecule has 0 bridgehead atoms. The van der Waals surface area contributed by atoms with Gasteiger partial charge in [-0.2, -0.15) is 0 Å². The SMILES string of the molecule is Cc1ccc(C(NC(=O)CN(c2cccc(C)c2C)S(C)(=O)=O)c2ccccc2)cc1. The molecule has 5 nitrogen and oxygen atoms in total. The quantitative estimate of drug-likeness (QED) is 0.601. The Morgan fingerprint density at radius 1 is 0.871 bits per heavy atom. The Morgan fingerprint density at radius 3 is 2.10 bits per heavy atom. The molecule has 6 heteroatoms. The van der Waals surface area contributed by atoms with Crippen LogP contribution < -0.4 is 9.62 Å². The lowest BCUT2D eigenvalue weighted by Gasteiger charge is -2.26. The van der Waals surface area contributed by atoms with E-state index in [-0.39, 0.29) is 18.5 Å². The van der Waals surface area contributed by atoms with Crippen molar-refractivity contribution in [2.75, 3.05) is 17.1 Å². The van der Waals surface area contributed by atoms with Crippen molar-refractivity contribution in [1.29, 1.82) is 0 Å². The first kappa shape index (κ1) is 22.6. The maximum atomic E-state index is 13.1. The predicted octanol–water partition coefficient (Wildman–Crippen LogP) is 4.28. The van der Waals surface area contributed by atoms with E-state index in [9.17, 15) is 13.2 Å². The van der Waals surface area contributed by atoms with Crippen LogP contribution in [0.25, 0.3) is 0 Å². The Bertz CT molecular complexity index is 1160. The third-order valence-corrected chi connectivity index (χ3v) is 6.51. The average molecular weight is 437 g/mol. The van der Waals surface area contributed by atoms with E-state index in [0.29, 0.717) is 5.69 Å². The fourth-order valence-corrected chi connectivity index (χ4v) is 4.39. The van der Waals surface area contributed by atoms with Crippen LogP contribution in [0.4, 0.5) is 5.69 Å². The lowest BCUT2D eigenvalue weighted by atomic mass is 9.98. The summed E-state index contributed by atoms with van der Waals surface area (Å²) >= 11 is 0. The van der Waals surface area contributed by atoms with Gasteiger partial charge in [0.15, 0.2) is 0 Å². The molecule has 0 fully saturated rings. The summed E-state index contributed by atoms with van der Waals surface area (Å²) in [5, 5.41) is 3.03. The molecule has 0 spiro atoms. The molecule has 0 aliphatic heterocycles. The second kappa shape index (κ2) is 9.35. The number of benzene rings is 3. The zero-order valence-corrected chi connectivity index (χ0v) is 19.1. The largest absolute Gasteiger partial charge is 0.344 e. The monoisotopic (exact) mass is 436 g/mol. The van der Waals surface area contributed by atoms with E-state index in [1.54, 1.807) is 12.1 Å². The normalized spacial score (nSPS) is 12.3. The van der Waals surface area contributed by atoms with Crippen molar-refractivity contribution in [2.24, 2.45) is 0 Å². The third kappa shape index (κ3) is 5.52. The summed E-state index contributed by atoms with van der Waals surface area (Å²) in [7, 11) is -3.65. The summed E-state index contributed by atoms with van der Waals surface area (Å²) in [6.45, 7) is 5.49.